The van der Waals surface area contributed by atoms with Crippen molar-refractivity contribution in [2.45, 2.75) is 13.8 Å². The Morgan fingerprint density at radius 2 is 1.15 bits per heavy atom. The zero-order valence-corrected chi connectivity index (χ0v) is 16.0. The molecule has 138 valence electrons. The molecule has 0 saturated carbocycles. The summed E-state index contributed by atoms with van der Waals surface area (Å²) in [6.07, 6.45) is 0. The molecular weight excluding hydrogens is 349 g/mol. The van der Waals surface area contributed by atoms with Crippen LogP contribution in [0, 0.1) is 0 Å². The molecule has 2 heterocycles. The van der Waals surface area contributed by atoms with Gasteiger partial charge in [0.25, 0.3) is 0 Å². The maximum absolute atomic E-state index is 6.56. The minimum absolute atomic E-state index is 0.457. The van der Waals surface area contributed by atoms with E-state index in [1.807, 2.05) is 60.7 Å². The molecule has 0 atom stereocenters. The predicted octanol–water partition coefficient (Wildman–Crippen LogP) is 5.08. The van der Waals surface area contributed by atoms with Crippen molar-refractivity contribution in [2.24, 2.45) is 0 Å². The summed E-state index contributed by atoms with van der Waals surface area (Å²) in [6.45, 7) is 6.45. The van der Waals surface area contributed by atoms with Gasteiger partial charge < -0.3 is 0 Å². The number of hydrogen-bond donors (Lipinski definition) is 0. The molecule has 0 radical (unpaired) electrons. The van der Waals surface area contributed by atoms with Crippen LogP contribution >= 0.6 is 7.66 Å². The van der Waals surface area contributed by atoms with Crippen LogP contribution < -0.4 is 0 Å². The molecule has 0 amide bonds. The molecule has 6 heteroatoms. The molecule has 1 spiro atoms. The Hall–Kier alpha value is -1.91. The maximum atomic E-state index is 6.56. The van der Waals surface area contributed by atoms with Crippen LogP contribution in [0.5, 0.6) is 0 Å². The van der Waals surface area contributed by atoms with E-state index < -0.39 is 7.66 Å². The fourth-order valence-electron chi connectivity index (χ4n) is 3.44. The first-order valence-corrected chi connectivity index (χ1v) is 10.9. The molecule has 0 aliphatic carbocycles. The van der Waals surface area contributed by atoms with Crippen LogP contribution in [0.1, 0.15) is 25.0 Å². The molecule has 0 bridgehead atoms. The average molecular weight is 373 g/mol. The van der Waals surface area contributed by atoms with Crippen molar-refractivity contribution in [3.05, 3.63) is 71.8 Å². The Labute approximate surface area is 154 Å². The first kappa shape index (κ1) is 17.5. The summed E-state index contributed by atoms with van der Waals surface area (Å²) in [4.78, 5) is 0. The monoisotopic (exact) mass is 373 g/mol. The summed E-state index contributed by atoms with van der Waals surface area (Å²) in [6, 6.07) is 20.0. The molecule has 2 aliphatic heterocycles. The average Bonchev–Trinajstić information content (AvgIpc) is 3.28. The van der Waals surface area contributed by atoms with Crippen LogP contribution in [0.25, 0.3) is 11.5 Å². The van der Waals surface area contributed by atoms with Crippen molar-refractivity contribution in [3.63, 3.8) is 0 Å². The summed E-state index contributed by atoms with van der Waals surface area (Å²) in [7, 11) is -3.88. The van der Waals surface area contributed by atoms with E-state index in [0.717, 1.165) is 11.1 Å². The van der Waals surface area contributed by atoms with Crippen molar-refractivity contribution in [1.82, 2.24) is 4.67 Å². The van der Waals surface area contributed by atoms with Gasteiger partial charge in [-0.3, -0.25) is 0 Å². The number of hydrogen-bond acceptors (Lipinski definition) is 5. The number of nitrogens with zero attached hydrogens (tertiary/aromatic N) is 1. The first-order valence-electron chi connectivity index (χ1n) is 9.03. The summed E-state index contributed by atoms with van der Waals surface area (Å²) >= 11 is 0. The molecule has 0 N–H and O–H groups in total. The first-order chi connectivity index (χ1) is 12.7. The molecule has 2 aromatic carbocycles. The van der Waals surface area contributed by atoms with Crippen LogP contribution in [-0.2, 0) is 18.1 Å². The van der Waals surface area contributed by atoms with Gasteiger partial charge in [0, 0.05) is 0 Å². The molecule has 1 saturated heterocycles. The Morgan fingerprint density at radius 1 is 0.731 bits per heavy atom. The van der Waals surface area contributed by atoms with E-state index in [1.54, 1.807) is 0 Å². The summed E-state index contributed by atoms with van der Waals surface area (Å²) in [5, 5.41) is 0. The Kier molecular flexibility index (Phi) is 4.49. The van der Waals surface area contributed by atoms with Crippen LogP contribution in [0.3, 0.4) is 0 Å². The second kappa shape index (κ2) is 6.67. The van der Waals surface area contributed by atoms with Gasteiger partial charge in [-0.2, -0.15) is 0 Å². The van der Waals surface area contributed by atoms with Crippen molar-refractivity contribution in [2.75, 3.05) is 26.3 Å². The molecule has 1 fully saturated rings. The van der Waals surface area contributed by atoms with Crippen LogP contribution in [-0.4, -0.2) is 31.0 Å². The van der Waals surface area contributed by atoms with Gasteiger partial charge in [0.05, 0.1) is 0 Å². The van der Waals surface area contributed by atoms with Gasteiger partial charge in [0.15, 0.2) is 0 Å². The summed E-state index contributed by atoms with van der Waals surface area (Å²) in [5.74, 6) is 1.34. The predicted molar refractivity (Wildman–Crippen MR) is 104 cm³/mol. The van der Waals surface area contributed by atoms with E-state index in [-0.39, 0.29) is 0 Å². The third kappa shape index (κ3) is 2.63. The third-order valence-corrected chi connectivity index (χ3v) is 8.35. The molecule has 2 aromatic rings. The quantitative estimate of drug-likeness (QED) is 0.684. The van der Waals surface area contributed by atoms with E-state index in [9.17, 15) is 0 Å². The van der Waals surface area contributed by atoms with E-state index in [1.165, 1.54) is 0 Å². The standard InChI is InChI=1S/C20H24NO4P/c1-3-21(4-2)26(22-15-16-23-26)24-19(17-11-7-5-8-12-17)20(25-26)18-13-9-6-10-14-18/h5-14H,3-4,15-16H2,1-2H3. The summed E-state index contributed by atoms with van der Waals surface area (Å²) in [5.41, 5.74) is 1.89. The number of rotatable bonds is 5. The van der Waals surface area contributed by atoms with Crippen LogP contribution in [0.15, 0.2) is 60.7 Å². The van der Waals surface area contributed by atoms with Gasteiger partial charge in [-0.15, -0.1) is 0 Å². The van der Waals surface area contributed by atoms with Crippen molar-refractivity contribution < 1.29 is 18.1 Å². The molecule has 4 rings (SSSR count). The topological polar surface area (TPSA) is 40.2 Å². The van der Waals surface area contributed by atoms with Gasteiger partial charge in [-0.1, -0.05) is 0 Å². The zero-order valence-electron chi connectivity index (χ0n) is 15.1. The normalized spacial score (nSPS) is 22.0. The molecule has 0 aromatic heterocycles. The Balaban J connectivity index is 1.87. The SMILES string of the molecule is CCN(CC)P12(OCCO1)OC(c1ccccc1)=C(c1ccccc1)O2. The molecule has 5 nitrogen and oxygen atoms in total. The van der Waals surface area contributed by atoms with Crippen LogP contribution in [0.2, 0.25) is 0 Å². The molecule has 26 heavy (non-hydrogen) atoms. The third-order valence-electron chi connectivity index (χ3n) is 4.66. The van der Waals surface area contributed by atoms with Crippen molar-refractivity contribution in [1.29, 1.82) is 0 Å². The Morgan fingerprint density at radius 3 is 1.54 bits per heavy atom. The second-order valence-electron chi connectivity index (χ2n) is 6.15. The molecule has 0 unspecified atom stereocenters. The Bertz CT molecular complexity index is 744. The zero-order chi connectivity index (χ0) is 18.1. The fourth-order valence-corrected chi connectivity index (χ4v) is 6.99. The van der Waals surface area contributed by atoms with E-state index in [2.05, 4.69) is 18.5 Å². The van der Waals surface area contributed by atoms with E-state index in [0.29, 0.717) is 37.8 Å². The van der Waals surface area contributed by atoms with Gasteiger partial charge >= 0.3 is 154 Å². The minimum atomic E-state index is -3.88. The van der Waals surface area contributed by atoms with E-state index in [4.69, 9.17) is 18.1 Å². The molecule has 2 aliphatic rings. The van der Waals surface area contributed by atoms with Crippen molar-refractivity contribution >= 4 is 19.2 Å². The van der Waals surface area contributed by atoms with Gasteiger partial charge in [0.2, 0.25) is 0 Å². The molecular formula is C20H24NO4P. The van der Waals surface area contributed by atoms with Crippen LogP contribution in [0.4, 0.5) is 0 Å². The number of benzene rings is 2. The van der Waals surface area contributed by atoms with Gasteiger partial charge in [0.1, 0.15) is 0 Å². The van der Waals surface area contributed by atoms with Gasteiger partial charge in [-0.25, -0.2) is 0 Å². The fraction of sp³-hybridized carbons (Fsp3) is 0.300. The van der Waals surface area contributed by atoms with E-state index >= 15 is 0 Å². The second-order valence-corrected chi connectivity index (χ2v) is 9.15. The van der Waals surface area contributed by atoms with Crippen molar-refractivity contribution in [3.8, 4) is 0 Å². The van der Waals surface area contributed by atoms with Gasteiger partial charge in [-0.05, 0) is 0 Å². The summed E-state index contributed by atoms with van der Waals surface area (Å²) < 4.78 is 27.6.